The van der Waals surface area contributed by atoms with Gasteiger partial charge in [-0.1, -0.05) is 54.1 Å². The third-order valence-corrected chi connectivity index (χ3v) is 8.15. The molecule has 0 radical (unpaired) electrons. The first-order valence-electron chi connectivity index (χ1n) is 14.7. The second-order valence-corrected chi connectivity index (χ2v) is 11.4. The van der Waals surface area contributed by atoms with Crippen molar-refractivity contribution in [3.63, 3.8) is 0 Å². The number of anilines is 1. The van der Waals surface area contributed by atoms with Crippen molar-refractivity contribution in [1.29, 1.82) is 0 Å². The molecule has 1 aliphatic heterocycles. The molecular formula is C33H36ClN5O5. The minimum Gasteiger partial charge on any atom is -0.495 e. The van der Waals surface area contributed by atoms with Crippen molar-refractivity contribution in [2.75, 3.05) is 25.5 Å². The third-order valence-electron chi connectivity index (χ3n) is 7.86. The Morgan fingerprint density at radius 2 is 1.66 bits per heavy atom. The first-order valence-corrected chi connectivity index (χ1v) is 15.1. The number of aromatic nitrogens is 2. The van der Waals surface area contributed by atoms with E-state index in [2.05, 4.69) is 27.7 Å². The van der Waals surface area contributed by atoms with Gasteiger partial charge in [0.05, 0.1) is 23.0 Å². The van der Waals surface area contributed by atoms with Crippen LogP contribution in [-0.2, 0) is 29.2 Å². The Bertz CT molecular complexity index is 1750. The van der Waals surface area contributed by atoms with Crippen LogP contribution in [0.1, 0.15) is 31.2 Å². The number of likely N-dealkylation sites (tertiary alicyclic amines) is 1. The largest absolute Gasteiger partial charge is 0.495 e. The summed E-state index contributed by atoms with van der Waals surface area (Å²) in [7, 11) is 1.50. The maximum atomic E-state index is 13.5. The molecule has 10 nitrogen and oxygen atoms in total. The van der Waals surface area contributed by atoms with E-state index >= 15 is 0 Å². The van der Waals surface area contributed by atoms with E-state index in [0.29, 0.717) is 33.8 Å². The Kier molecular flexibility index (Phi) is 10.1. The van der Waals surface area contributed by atoms with Gasteiger partial charge in [-0.15, -0.1) is 0 Å². The summed E-state index contributed by atoms with van der Waals surface area (Å²) < 4.78 is 7.53. The molecule has 44 heavy (non-hydrogen) atoms. The highest BCUT2D eigenvalue weighted by Crippen LogP contribution is 2.27. The lowest BCUT2D eigenvalue weighted by molar-refractivity contribution is -0.122. The van der Waals surface area contributed by atoms with Crippen molar-refractivity contribution in [3.05, 3.63) is 104 Å². The molecule has 0 atom stereocenters. The van der Waals surface area contributed by atoms with E-state index in [1.165, 1.54) is 17.2 Å². The molecule has 0 aliphatic carbocycles. The standard InChI is InChI=1S/C33H36ClN5O5/c1-44-29-14-13-25(20-27(29)34)36-31(41)22-39-28-11-6-5-10-26(28)32(42)38(33(39)43)17-7-12-30(40)35-24-15-18-37(19-16-24)21-23-8-3-2-4-9-23/h2-6,8-11,13-14,20,24H,7,12,15-19,21-22H2,1H3,(H,35,40)(H,36,41). The van der Waals surface area contributed by atoms with Crippen LogP contribution in [0.2, 0.25) is 5.02 Å². The number of halogens is 1. The van der Waals surface area contributed by atoms with E-state index in [0.717, 1.165) is 37.0 Å². The number of para-hydroxylation sites is 1. The van der Waals surface area contributed by atoms with Gasteiger partial charge in [0.25, 0.3) is 5.56 Å². The van der Waals surface area contributed by atoms with Gasteiger partial charge < -0.3 is 15.4 Å². The lowest BCUT2D eigenvalue weighted by atomic mass is 10.0. The van der Waals surface area contributed by atoms with Crippen molar-refractivity contribution >= 4 is 40.0 Å². The van der Waals surface area contributed by atoms with Gasteiger partial charge in [0.15, 0.2) is 0 Å². The molecule has 5 rings (SSSR count). The zero-order chi connectivity index (χ0) is 31.1. The van der Waals surface area contributed by atoms with Crippen LogP contribution in [0.15, 0.2) is 82.4 Å². The molecule has 0 unspecified atom stereocenters. The fourth-order valence-electron chi connectivity index (χ4n) is 5.58. The van der Waals surface area contributed by atoms with Gasteiger partial charge in [0.1, 0.15) is 12.3 Å². The third kappa shape index (κ3) is 7.56. The van der Waals surface area contributed by atoms with Gasteiger partial charge in [0, 0.05) is 44.3 Å². The van der Waals surface area contributed by atoms with Crippen LogP contribution in [0.25, 0.3) is 10.9 Å². The number of ether oxygens (including phenoxy) is 1. The van der Waals surface area contributed by atoms with E-state index in [9.17, 15) is 19.2 Å². The summed E-state index contributed by atoms with van der Waals surface area (Å²) in [6.45, 7) is 2.46. The normalized spacial score (nSPS) is 14.0. The number of piperidine rings is 1. The molecule has 2 heterocycles. The van der Waals surface area contributed by atoms with E-state index in [1.54, 1.807) is 42.5 Å². The first kappa shape index (κ1) is 31.0. The number of hydrogen-bond donors (Lipinski definition) is 2. The minimum absolute atomic E-state index is 0.0567. The van der Waals surface area contributed by atoms with Crippen LogP contribution in [0.4, 0.5) is 5.69 Å². The fourth-order valence-corrected chi connectivity index (χ4v) is 5.84. The van der Waals surface area contributed by atoms with Crippen molar-refractivity contribution < 1.29 is 14.3 Å². The predicted octanol–water partition coefficient (Wildman–Crippen LogP) is 4.02. The summed E-state index contributed by atoms with van der Waals surface area (Å²) in [6.07, 6.45) is 2.24. The Hall–Kier alpha value is -4.41. The maximum absolute atomic E-state index is 13.5. The van der Waals surface area contributed by atoms with Crippen LogP contribution in [0.3, 0.4) is 0 Å². The zero-order valence-corrected chi connectivity index (χ0v) is 25.4. The SMILES string of the molecule is COc1ccc(NC(=O)Cn2c(=O)n(CCCC(=O)NC3CCN(Cc4ccccc4)CC3)c(=O)c3ccccc32)cc1Cl. The molecule has 1 saturated heterocycles. The second kappa shape index (κ2) is 14.4. The molecular weight excluding hydrogens is 582 g/mol. The fraction of sp³-hybridized carbons (Fsp3) is 0.333. The van der Waals surface area contributed by atoms with Crippen LogP contribution < -0.4 is 26.6 Å². The number of rotatable bonds is 11. The molecule has 230 valence electrons. The van der Waals surface area contributed by atoms with Crippen molar-refractivity contribution in [3.8, 4) is 5.75 Å². The average Bonchev–Trinajstić information content (AvgIpc) is 3.02. The Balaban J connectivity index is 1.19. The smallest absolute Gasteiger partial charge is 0.331 e. The molecule has 0 saturated carbocycles. The van der Waals surface area contributed by atoms with E-state index in [1.807, 2.05) is 18.2 Å². The minimum atomic E-state index is -0.609. The van der Waals surface area contributed by atoms with Gasteiger partial charge >= 0.3 is 5.69 Å². The van der Waals surface area contributed by atoms with Crippen molar-refractivity contribution in [2.24, 2.45) is 0 Å². The predicted molar refractivity (Wildman–Crippen MR) is 171 cm³/mol. The van der Waals surface area contributed by atoms with Gasteiger partial charge in [-0.25, -0.2) is 4.79 Å². The zero-order valence-electron chi connectivity index (χ0n) is 24.6. The van der Waals surface area contributed by atoms with Gasteiger partial charge in [-0.05, 0) is 55.2 Å². The number of hydrogen-bond acceptors (Lipinski definition) is 6. The van der Waals surface area contributed by atoms with E-state index in [4.69, 9.17) is 16.3 Å². The summed E-state index contributed by atoms with van der Waals surface area (Å²) in [5.74, 6) is -0.0899. The quantitative estimate of drug-likeness (QED) is 0.263. The Morgan fingerprint density at radius 3 is 2.39 bits per heavy atom. The molecule has 1 aromatic heterocycles. The molecule has 4 aromatic rings. The van der Waals surface area contributed by atoms with Gasteiger partial charge in [-0.2, -0.15) is 0 Å². The summed E-state index contributed by atoms with van der Waals surface area (Å²) in [5.41, 5.74) is 1.02. The highest BCUT2D eigenvalue weighted by Gasteiger charge is 2.21. The number of carbonyl (C=O) groups excluding carboxylic acids is 2. The molecule has 11 heteroatoms. The number of nitrogens with one attached hydrogen (secondary N) is 2. The highest BCUT2D eigenvalue weighted by molar-refractivity contribution is 6.32. The molecule has 1 aliphatic rings. The number of nitrogens with zero attached hydrogens (tertiary/aromatic N) is 3. The number of amides is 2. The monoisotopic (exact) mass is 617 g/mol. The van der Waals surface area contributed by atoms with E-state index < -0.39 is 17.2 Å². The van der Waals surface area contributed by atoms with Gasteiger partial charge in [0.2, 0.25) is 11.8 Å². The molecule has 2 amide bonds. The lowest BCUT2D eigenvalue weighted by Gasteiger charge is -2.32. The molecule has 3 aromatic carbocycles. The van der Waals surface area contributed by atoms with Crippen molar-refractivity contribution in [2.45, 2.75) is 51.4 Å². The summed E-state index contributed by atoms with van der Waals surface area (Å²) in [6, 6.07) is 22.0. The summed E-state index contributed by atoms with van der Waals surface area (Å²) in [4.78, 5) is 54.8. The van der Waals surface area contributed by atoms with Crippen LogP contribution in [-0.4, -0.2) is 52.1 Å². The molecule has 0 bridgehead atoms. The van der Waals surface area contributed by atoms with Crippen LogP contribution >= 0.6 is 11.6 Å². The lowest BCUT2D eigenvalue weighted by Crippen LogP contribution is -2.44. The first-order chi connectivity index (χ1) is 21.3. The topological polar surface area (TPSA) is 115 Å². The average molecular weight is 618 g/mol. The number of benzene rings is 3. The molecule has 0 spiro atoms. The van der Waals surface area contributed by atoms with Crippen LogP contribution in [0, 0.1) is 0 Å². The Morgan fingerprint density at radius 1 is 0.932 bits per heavy atom. The second-order valence-electron chi connectivity index (χ2n) is 10.9. The Labute approximate surface area is 260 Å². The molecule has 1 fully saturated rings. The number of methoxy groups -OCH3 is 1. The van der Waals surface area contributed by atoms with Crippen molar-refractivity contribution in [1.82, 2.24) is 19.4 Å². The highest BCUT2D eigenvalue weighted by atomic mass is 35.5. The number of fused-ring (bicyclic) bond motifs is 1. The summed E-state index contributed by atoms with van der Waals surface area (Å²) in [5, 5.41) is 6.50. The van der Waals surface area contributed by atoms with Crippen LogP contribution in [0.5, 0.6) is 5.75 Å². The van der Waals surface area contributed by atoms with E-state index in [-0.39, 0.29) is 31.5 Å². The maximum Gasteiger partial charge on any atom is 0.331 e. The number of carbonyl (C=O) groups is 2. The summed E-state index contributed by atoms with van der Waals surface area (Å²) >= 11 is 6.17. The van der Waals surface area contributed by atoms with Gasteiger partial charge in [-0.3, -0.25) is 28.4 Å². The molecule has 2 N–H and O–H groups in total.